The molecule has 0 radical (unpaired) electrons. The Morgan fingerprint density at radius 3 is 2.45 bits per heavy atom. The molecule has 22 heavy (non-hydrogen) atoms. The minimum atomic E-state index is -4.69. The first-order valence-electron chi connectivity index (χ1n) is 5.86. The highest BCUT2D eigenvalue weighted by atomic mass is 19.4. The van der Waals surface area contributed by atoms with Gasteiger partial charge in [0.15, 0.2) is 5.69 Å². The molecule has 1 aromatic heterocycles. The number of hydrogen-bond acceptors (Lipinski definition) is 4. The van der Waals surface area contributed by atoms with Crippen LogP contribution >= 0.6 is 0 Å². The molecule has 0 fully saturated rings. The smallest absolute Gasteiger partial charge is 0.419 e. The molecular formula is C13H9F3N2O4. The van der Waals surface area contributed by atoms with Crippen molar-refractivity contribution >= 4 is 11.9 Å². The van der Waals surface area contributed by atoms with Crippen LogP contribution in [0.2, 0.25) is 0 Å². The van der Waals surface area contributed by atoms with Gasteiger partial charge in [-0.25, -0.2) is 9.59 Å². The van der Waals surface area contributed by atoms with Crippen LogP contribution in [0.3, 0.4) is 0 Å². The predicted molar refractivity (Wildman–Crippen MR) is 66.6 cm³/mol. The molecule has 116 valence electrons. The van der Waals surface area contributed by atoms with E-state index in [1.54, 1.807) is 0 Å². The summed E-state index contributed by atoms with van der Waals surface area (Å²) in [6.07, 6.45) is -4.69. The second-order valence-electron chi connectivity index (χ2n) is 4.23. The number of esters is 1. The lowest BCUT2D eigenvalue weighted by atomic mass is 10.2. The van der Waals surface area contributed by atoms with Crippen LogP contribution in [0.5, 0.6) is 5.75 Å². The lowest BCUT2D eigenvalue weighted by Gasteiger charge is -2.11. The Bertz CT molecular complexity index is 737. The van der Waals surface area contributed by atoms with Crippen molar-refractivity contribution in [1.29, 1.82) is 0 Å². The van der Waals surface area contributed by atoms with E-state index in [1.165, 1.54) is 13.1 Å². The average Bonchev–Trinajstić information content (AvgIpc) is 2.80. The third-order valence-electron chi connectivity index (χ3n) is 2.70. The topological polar surface area (TPSA) is 81.4 Å². The summed E-state index contributed by atoms with van der Waals surface area (Å²) in [5.74, 6) is -3.19. The summed E-state index contributed by atoms with van der Waals surface area (Å²) in [4.78, 5) is 22.7. The first-order valence-corrected chi connectivity index (χ1v) is 5.86. The molecule has 0 unspecified atom stereocenters. The number of carboxylic acid groups (broad SMARTS) is 1. The zero-order valence-corrected chi connectivity index (χ0v) is 11.1. The van der Waals surface area contributed by atoms with Gasteiger partial charge in [-0.3, -0.25) is 4.68 Å². The summed E-state index contributed by atoms with van der Waals surface area (Å²) in [7, 11) is 1.28. The number of carbonyl (C=O) groups is 2. The number of carboxylic acids is 1. The Hall–Kier alpha value is -2.84. The van der Waals surface area contributed by atoms with Crippen LogP contribution in [0, 0.1) is 0 Å². The molecule has 0 saturated heterocycles. The number of rotatable bonds is 3. The Labute approximate surface area is 121 Å². The molecule has 9 heteroatoms. The van der Waals surface area contributed by atoms with E-state index in [-0.39, 0.29) is 5.69 Å². The summed E-state index contributed by atoms with van der Waals surface area (Å²) >= 11 is 0. The Morgan fingerprint density at radius 1 is 1.27 bits per heavy atom. The van der Waals surface area contributed by atoms with Crippen molar-refractivity contribution in [3.8, 4) is 5.75 Å². The number of para-hydroxylation sites is 1. The van der Waals surface area contributed by atoms with Crippen LogP contribution in [0.15, 0.2) is 30.3 Å². The zero-order chi connectivity index (χ0) is 16.5. The van der Waals surface area contributed by atoms with Gasteiger partial charge in [-0.2, -0.15) is 18.3 Å². The highest BCUT2D eigenvalue weighted by Gasteiger charge is 2.35. The van der Waals surface area contributed by atoms with Crippen molar-refractivity contribution in [2.45, 2.75) is 6.18 Å². The van der Waals surface area contributed by atoms with Gasteiger partial charge in [0, 0.05) is 13.1 Å². The maximum Gasteiger partial charge on any atom is 0.419 e. The molecule has 0 aliphatic carbocycles. The zero-order valence-electron chi connectivity index (χ0n) is 11.1. The van der Waals surface area contributed by atoms with Gasteiger partial charge in [0.2, 0.25) is 0 Å². The van der Waals surface area contributed by atoms with Crippen molar-refractivity contribution in [3.63, 3.8) is 0 Å². The van der Waals surface area contributed by atoms with E-state index in [4.69, 9.17) is 5.11 Å². The number of carbonyl (C=O) groups excluding carboxylic acids is 1. The Morgan fingerprint density at radius 2 is 1.91 bits per heavy atom. The standard InChI is InChI=1S/C13H9F3N2O4/c1-18-9(11(19)20)6-8(17-18)12(21)22-10-5-3-2-4-7(10)13(14,15)16/h2-6H,1H3,(H,19,20). The number of ether oxygens (including phenoxy) is 1. The molecule has 0 atom stereocenters. The lowest BCUT2D eigenvalue weighted by molar-refractivity contribution is -0.138. The molecule has 0 spiro atoms. The Balaban J connectivity index is 2.30. The molecule has 2 rings (SSSR count). The maximum atomic E-state index is 12.8. The summed E-state index contributed by atoms with van der Waals surface area (Å²) in [6.45, 7) is 0. The van der Waals surface area contributed by atoms with Crippen LogP contribution < -0.4 is 4.74 Å². The van der Waals surface area contributed by atoms with Gasteiger partial charge in [0.25, 0.3) is 0 Å². The SMILES string of the molecule is Cn1nc(C(=O)Oc2ccccc2C(F)(F)F)cc1C(=O)O. The molecule has 2 aromatic rings. The van der Waals surface area contributed by atoms with E-state index in [9.17, 15) is 22.8 Å². The lowest BCUT2D eigenvalue weighted by Crippen LogP contribution is -2.14. The van der Waals surface area contributed by atoms with E-state index in [1.807, 2.05) is 0 Å². The van der Waals surface area contributed by atoms with Gasteiger partial charge in [0.05, 0.1) is 5.56 Å². The van der Waals surface area contributed by atoms with E-state index in [2.05, 4.69) is 9.84 Å². The second-order valence-corrected chi connectivity index (χ2v) is 4.23. The molecular weight excluding hydrogens is 305 g/mol. The molecule has 1 heterocycles. The van der Waals surface area contributed by atoms with Gasteiger partial charge in [-0.15, -0.1) is 0 Å². The Kier molecular flexibility index (Phi) is 3.89. The number of nitrogens with zero attached hydrogens (tertiary/aromatic N) is 2. The number of alkyl halides is 3. The molecule has 1 N–H and O–H groups in total. The number of aromatic carboxylic acids is 1. The first kappa shape index (κ1) is 15.5. The third kappa shape index (κ3) is 3.08. The first-order chi connectivity index (χ1) is 10.2. The fourth-order valence-electron chi connectivity index (χ4n) is 1.71. The van der Waals surface area contributed by atoms with Crippen molar-refractivity contribution in [2.75, 3.05) is 0 Å². The van der Waals surface area contributed by atoms with Crippen LogP contribution in [-0.4, -0.2) is 26.8 Å². The van der Waals surface area contributed by atoms with Crippen LogP contribution in [0.4, 0.5) is 13.2 Å². The van der Waals surface area contributed by atoms with Crippen LogP contribution in [0.1, 0.15) is 26.5 Å². The fourth-order valence-corrected chi connectivity index (χ4v) is 1.71. The fraction of sp³-hybridized carbons (Fsp3) is 0.154. The highest BCUT2D eigenvalue weighted by molar-refractivity contribution is 5.93. The number of hydrogen-bond donors (Lipinski definition) is 1. The number of benzene rings is 1. The summed E-state index contributed by atoms with van der Waals surface area (Å²) in [6, 6.07) is 5.11. The molecule has 1 aromatic carbocycles. The normalized spacial score (nSPS) is 11.3. The minimum Gasteiger partial charge on any atom is -0.477 e. The van der Waals surface area contributed by atoms with E-state index >= 15 is 0 Å². The van der Waals surface area contributed by atoms with Crippen molar-refractivity contribution in [2.24, 2.45) is 7.05 Å². The number of aryl methyl sites for hydroxylation is 1. The number of halogens is 3. The van der Waals surface area contributed by atoms with Gasteiger partial charge in [-0.1, -0.05) is 12.1 Å². The second kappa shape index (κ2) is 5.51. The molecule has 0 aliphatic rings. The summed E-state index contributed by atoms with van der Waals surface area (Å²) in [5.41, 5.74) is -1.81. The van der Waals surface area contributed by atoms with Gasteiger partial charge in [-0.05, 0) is 12.1 Å². The predicted octanol–water partition coefficient (Wildman–Crippen LogP) is 2.36. The molecule has 0 bridgehead atoms. The van der Waals surface area contributed by atoms with Gasteiger partial charge >= 0.3 is 18.1 Å². The van der Waals surface area contributed by atoms with Crippen LogP contribution in [0.25, 0.3) is 0 Å². The van der Waals surface area contributed by atoms with Crippen molar-refractivity contribution < 1.29 is 32.6 Å². The van der Waals surface area contributed by atoms with Gasteiger partial charge in [0.1, 0.15) is 11.4 Å². The average molecular weight is 314 g/mol. The van der Waals surface area contributed by atoms with Crippen molar-refractivity contribution in [1.82, 2.24) is 9.78 Å². The molecule has 0 saturated carbocycles. The molecule has 0 aliphatic heterocycles. The number of aromatic nitrogens is 2. The summed E-state index contributed by atoms with van der Waals surface area (Å²) in [5, 5.41) is 12.4. The summed E-state index contributed by atoms with van der Waals surface area (Å²) < 4.78 is 43.9. The van der Waals surface area contributed by atoms with E-state index in [0.29, 0.717) is 0 Å². The quantitative estimate of drug-likeness (QED) is 0.695. The molecule has 0 amide bonds. The highest BCUT2D eigenvalue weighted by Crippen LogP contribution is 2.36. The largest absolute Gasteiger partial charge is 0.477 e. The minimum absolute atomic E-state index is 0.295. The monoisotopic (exact) mass is 314 g/mol. The molecule has 6 nitrogen and oxygen atoms in total. The van der Waals surface area contributed by atoms with Gasteiger partial charge < -0.3 is 9.84 Å². The van der Waals surface area contributed by atoms with E-state index < -0.39 is 35.1 Å². The van der Waals surface area contributed by atoms with E-state index in [0.717, 1.165) is 28.9 Å². The maximum absolute atomic E-state index is 12.8. The third-order valence-corrected chi connectivity index (χ3v) is 2.70. The van der Waals surface area contributed by atoms with Crippen molar-refractivity contribution in [3.05, 3.63) is 47.3 Å². The van der Waals surface area contributed by atoms with Crippen LogP contribution in [-0.2, 0) is 13.2 Å².